The Balaban J connectivity index is 1.37. The van der Waals surface area contributed by atoms with Crippen molar-refractivity contribution in [3.8, 4) is 11.5 Å². The van der Waals surface area contributed by atoms with Crippen molar-refractivity contribution in [1.29, 1.82) is 0 Å². The van der Waals surface area contributed by atoms with Gasteiger partial charge in [0.1, 0.15) is 18.0 Å². The van der Waals surface area contributed by atoms with Crippen LogP contribution in [-0.4, -0.2) is 58.1 Å². The molecule has 12 nitrogen and oxygen atoms in total. The largest absolute Gasteiger partial charge is 0.497 e. The zero-order valence-corrected chi connectivity index (χ0v) is 22.9. The molecule has 5 rings (SSSR count). The molecule has 12 heteroatoms. The van der Waals surface area contributed by atoms with Gasteiger partial charge in [0.15, 0.2) is 5.78 Å². The third-order valence-corrected chi connectivity index (χ3v) is 7.27. The summed E-state index contributed by atoms with van der Waals surface area (Å²) in [6.45, 7) is -0.664. The van der Waals surface area contributed by atoms with Crippen LogP contribution in [0, 0.1) is 22.0 Å². The van der Waals surface area contributed by atoms with E-state index in [1.165, 1.54) is 49.6 Å². The molecule has 0 unspecified atom stereocenters. The predicted molar refractivity (Wildman–Crippen MR) is 150 cm³/mol. The number of methoxy groups -OCH3 is 1. The number of carbonyl (C=O) groups is 5. The highest BCUT2D eigenvalue weighted by Gasteiger charge is 2.51. The van der Waals surface area contributed by atoms with Crippen molar-refractivity contribution < 1.29 is 38.4 Å². The normalized spacial score (nSPS) is 17.3. The summed E-state index contributed by atoms with van der Waals surface area (Å²) >= 11 is 0. The molecule has 1 heterocycles. The molecule has 1 saturated heterocycles. The van der Waals surface area contributed by atoms with Crippen LogP contribution in [0.5, 0.6) is 11.5 Å². The van der Waals surface area contributed by atoms with Gasteiger partial charge < -0.3 is 9.47 Å². The van der Waals surface area contributed by atoms with E-state index in [-0.39, 0.29) is 28.1 Å². The van der Waals surface area contributed by atoms with E-state index in [0.29, 0.717) is 18.6 Å². The number of ketones is 1. The molecule has 0 bridgehead atoms. The minimum Gasteiger partial charge on any atom is -0.497 e. The van der Waals surface area contributed by atoms with Crippen LogP contribution < -0.4 is 9.47 Å². The molecule has 218 valence electrons. The van der Waals surface area contributed by atoms with Gasteiger partial charge in [0.2, 0.25) is 0 Å². The Morgan fingerprint density at radius 3 is 2.05 bits per heavy atom. The van der Waals surface area contributed by atoms with Crippen molar-refractivity contribution in [2.75, 3.05) is 13.7 Å². The average Bonchev–Trinajstić information content (AvgIpc) is 3.28. The lowest BCUT2D eigenvalue weighted by molar-refractivity contribution is -0.384. The first-order chi connectivity index (χ1) is 20.7. The molecule has 0 saturated carbocycles. The number of non-ortho nitro benzene ring substituents is 1. The lowest BCUT2D eigenvalue weighted by Gasteiger charge is -2.30. The zero-order chi connectivity index (χ0) is 30.7. The number of hydrogen-bond donors (Lipinski definition) is 0. The number of imide groups is 1. The molecule has 0 aromatic heterocycles. The van der Waals surface area contributed by atoms with Gasteiger partial charge in [0.05, 0.1) is 29.4 Å². The average molecular weight is 584 g/mol. The third kappa shape index (κ3) is 5.89. The van der Waals surface area contributed by atoms with Gasteiger partial charge in [-0.1, -0.05) is 18.2 Å². The SMILES string of the molecule is COc1cccc(C(=O)Oc2ccc(C(=O)CN(C(=O)c3ccc([N+](=O)[O-])cc3)N3C(=O)[C@@H]4CC=CC[C@H]4C3=O)cc2)c1. The van der Waals surface area contributed by atoms with Gasteiger partial charge in [-0.2, -0.15) is 5.01 Å². The van der Waals surface area contributed by atoms with Crippen LogP contribution in [0.2, 0.25) is 0 Å². The molecule has 3 amide bonds. The second-order valence-electron chi connectivity index (χ2n) is 9.88. The fourth-order valence-corrected chi connectivity index (χ4v) is 4.98. The monoisotopic (exact) mass is 583 g/mol. The summed E-state index contributed by atoms with van der Waals surface area (Å²) in [4.78, 5) is 76.6. The maximum absolute atomic E-state index is 13.6. The van der Waals surface area contributed by atoms with E-state index < -0.39 is 52.8 Å². The Morgan fingerprint density at radius 1 is 0.860 bits per heavy atom. The van der Waals surface area contributed by atoms with Crippen molar-refractivity contribution in [3.05, 3.63) is 112 Å². The number of hydrazine groups is 1. The highest BCUT2D eigenvalue weighted by Crippen LogP contribution is 2.36. The Kier molecular flexibility index (Phi) is 8.10. The molecule has 3 aromatic rings. The number of esters is 1. The standard InChI is InChI=1S/C31H25N3O9/c1-42-24-6-4-5-21(17-24)31(39)43-23-15-11-19(12-16-23)27(35)18-32(28(36)20-9-13-22(14-10-20)34(40)41)33-29(37)25-7-2-3-8-26(25)30(33)38/h2-6,9-17,25-26H,7-8,18H2,1H3/t25-,26-/m1/s1. The number of Topliss-reactive ketones (excluding diaryl/α,β-unsaturated/α-hetero) is 1. The van der Waals surface area contributed by atoms with E-state index in [1.54, 1.807) is 30.4 Å². The quantitative estimate of drug-likeness (QED) is 0.0691. The molecule has 2 aliphatic rings. The molecule has 1 aliphatic carbocycles. The Hall–Kier alpha value is -5.65. The van der Waals surface area contributed by atoms with Gasteiger partial charge in [0.25, 0.3) is 23.4 Å². The number of benzene rings is 3. The van der Waals surface area contributed by atoms with Crippen molar-refractivity contribution in [3.63, 3.8) is 0 Å². The molecule has 1 aliphatic heterocycles. The van der Waals surface area contributed by atoms with E-state index in [2.05, 4.69) is 0 Å². The smallest absolute Gasteiger partial charge is 0.343 e. The minimum absolute atomic E-state index is 0.0493. The highest BCUT2D eigenvalue weighted by atomic mass is 16.6. The van der Waals surface area contributed by atoms with Crippen LogP contribution in [0.3, 0.4) is 0 Å². The molecule has 0 radical (unpaired) electrons. The number of rotatable bonds is 9. The van der Waals surface area contributed by atoms with Gasteiger partial charge in [-0.15, -0.1) is 0 Å². The Labute approximate surface area is 245 Å². The van der Waals surface area contributed by atoms with E-state index in [0.717, 1.165) is 22.2 Å². The van der Waals surface area contributed by atoms with E-state index >= 15 is 0 Å². The number of nitro groups is 1. The fraction of sp³-hybridized carbons (Fsp3) is 0.194. The third-order valence-electron chi connectivity index (χ3n) is 7.27. The number of nitrogens with zero attached hydrogens (tertiary/aromatic N) is 3. The number of nitro benzene ring substituents is 1. The van der Waals surface area contributed by atoms with E-state index in [9.17, 15) is 34.1 Å². The van der Waals surface area contributed by atoms with Crippen molar-refractivity contribution in [2.24, 2.45) is 11.8 Å². The van der Waals surface area contributed by atoms with E-state index in [4.69, 9.17) is 9.47 Å². The summed E-state index contributed by atoms with van der Waals surface area (Å²) < 4.78 is 10.5. The molecule has 2 atom stereocenters. The molecule has 1 fully saturated rings. The van der Waals surface area contributed by atoms with Crippen molar-refractivity contribution >= 4 is 35.2 Å². The van der Waals surface area contributed by atoms with E-state index in [1.807, 2.05) is 0 Å². The van der Waals surface area contributed by atoms with Gasteiger partial charge >= 0.3 is 5.97 Å². The highest BCUT2D eigenvalue weighted by molar-refractivity contribution is 6.09. The summed E-state index contributed by atoms with van der Waals surface area (Å²) in [7, 11) is 1.47. The van der Waals surface area contributed by atoms with Crippen LogP contribution >= 0.6 is 0 Å². The summed E-state index contributed by atoms with van der Waals surface area (Å²) in [6, 6.07) is 16.6. The first-order valence-corrected chi connectivity index (χ1v) is 13.3. The van der Waals surface area contributed by atoms with Crippen LogP contribution in [0.25, 0.3) is 0 Å². The zero-order valence-electron chi connectivity index (χ0n) is 22.9. The number of allylic oxidation sites excluding steroid dienone is 2. The van der Waals surface area contributed by atoms with Crippen LogP contribution in [0.4, 0.5) is 5.69 Å². The maximum atomic E-state index is 13.6. The lowest BCUT2D eigenvalue weighted by atomic mass is 9.85. The second kappa shape index (κ2) is 12.1. The first-order valence-electron chi connectivity index (χ1n) is 13.3. The summed E-state index contributed by atoms with van der Waals surface area (Å²) in [6.07, 6.45) is 4.25. The van der Waals surface area contributed by atoms with Gasteiger partial charge in [0, 0.05) is 23.3 Å². The van der Waals surface area contributed by atoms with Crippen LogP contribution in [0.15, 0.2) is 84.9 Å². The number of amides is 3. The lowest BCUT2D eigenvalue weighted by Crippen LogP contribution is -2.52. The van der Waals surface area contributed by atoms with Crippen LogP contribution in [0.1, 0.15) is 43.9 Å². The second-order valence-corrected chi connectivity index (χ2v) is 9.88. The van der Waals surface area contributed by atoms with Crippen molar-refractivity contribution in [2.45, 2.75) is 12.8 Å². The number of hydrogen-bond acceptors (Lipinski definition) is 9. The van der Waals surface area contributed by atoms with Crippen molar-refractivity contribution in [1.82, 2.24) is 10.0 Å². The predicted octanol–water partition coefficient (Wildman–Crippen LogP) is 4.01. The molecular weight excluding hydrogens is 558 g/mol. The molecular formula is C31H25N3O9. The number of fused-ring (bicyclic) bond motifs is 1. The molecule has 43 heavy (non-hydrogen) atoms. The molecule has 3 aromatic carbocycles. The topological polar surface area (TPSA) is 153 Å². The van der Waals surface area contributed by atoms with Crippen LogP contribution in [-0.2, 0) is 9.59 Å². The summed E-state index contributed by atoms with van der Waals surface area (Å²) in [5.74, 6) is -3.95. The Bertz CT molecular complexity index is 1620. The summed E-state index contributed by atoms with van der Waals surface area (Å²) in [5.41, 5.74) is 0.0834. The molecule has 0 N–H and O–H groups in total. The molecule has 0 spiro atoms. The van der Waals surface area contributed by atoms with Gasteiger partial charge in [-0.05, 0) is 67.4 Å². The minimum atomic E-state index is -0.847. The Morgan fingerprint density at radius 2 is 1.47 bits per heavy atom. The fourth-order valence-electron chi connectivity index (χ4n) is 4.98. The first kappa shape index (κ1) is 28.9. The van der Waals surface area contributed by atoms with Gasteiger partial charge in [-0.3, -0.25) is 29.3 Å². The summed E-state index contributed by atoms with van der Waals surface area (Å²) in [5, 5.41) is 12.6. The number of carbonyl (C=O) groups excluding carboxylic acids is 5. The maximum Gasteiger partial charge on any atom is 0.343 e. The number of ether oxygens (including phenoxy) is 2. The van der Waals surface area contributed by atoms with Gasteiger partial charge in [-0.25, -0.2) is 9.80 Å².